The lowest BCUT2D eigenvalue weighted by Crippen LogP contribution is -2.27. The Morgan fingerprint density at radius 3 is 2.00 bits per heavy atom. The second kappa shape index (κ2) is 1.16. The van der Waals surface area contributed by atoms with E-state index < -0.39 is 0 Å². The molecule has 3 aliphatic rings. The Balaban J connectivity index is 1.90. The van der Waals surface area contributed by atoms with E-state index in [0.717, 1.165) is 12.8 Å². The van der Waals surface area contributed by atoms with Crippen molar-refractivity contribution in [2.75, 3.05) is 0 Å². The van der Waals surface area contributed by atoms with Gasteiger partial charge in [0.1, 0.15) is 0 Å². The van der Waals surface area contributed by atoms with Crippen LogP contribution in [0.4, 0.5) is 0 Å². The molecule has 0 aromatic rings. The Bertz CT molecular complexity index is 183. The minimum atomic E-state index is 0.196. The van der Waals surface area contributed by atoms with Crippen LogP contribution in [-0.4, -0.2) is 23.4 Å². The summed E-state index contributed by atoms with van der Waals surface area (Å²) in [5.74, 6) is 0. The zero-order valence-corrected chi connectivity index (χ0v) is 6.39. The molecule has 0 N–H and O–H groups in total. The fourth-order valence-corrected chi connectivity index (χ4v) is 2.38. The second-order valence-corrected chi connectivity index (χ2v) is 4.25. The van der Waals surface area contributed by atoms with E-state index >= 15 is 0 Å². The summed E-state index contributed by atoms with van der Waals surface area (Å²) in [6.07, 6.45) is 3.28. The van der Waals surface area contributed by atoms with E-state index in [1.807, 2.05) is 0 Å². The fourth-order valence-electron chi connectivity index (χ4n) is 2.38. The van der Waals surface area contributed by atoms with E-state index in [0.29, 0.717) is 12.2 Å². The van der Waals surface area contributed by atoms with E-state index in [1.165, 1.54) is 0 Å². The third kappa shape index (κ3) is 0.487. The highest BCUT2D eigenvalue weighted by Crippen LogP contribution is 2.59. The molecule has 0 aromatic heterocycles. The van der Waals surface area contributed by atoms with Gasteiger partial charge in [-0.3, -0.25) is 0 Å². The molecule has 0 aromatic carbocycles. The summed E-state index contributed by atoms with van der Waals surface area (Å²) in [5, 5.41) is 0. The normalized spacial score (nSPS) is 70.2. The molecule has 1 aliphatic carbocycles. The van der Waals surface area contributed by atoms with Crippen LogP contribution < -0.4 is 0 Å². The van der Waals surface area contributed by atoms with Crippen LogP contribution in [-0.2, 0) is 9.47 Å². The first-order chi connectivity index (χ1) is 4.62. The first-order valence-electron chi connectivity index (χ1n) is 3.98. The summed E-state index contributed by atoms with van der Waals surface area (Å²) >= 11 is 0. The Hall–Kier alpha value is -0.0800. The third-order valence-electron chi connectivity index (χ3n) is 3.20. The topological polar surface area (TPSA) is 25.1 Å². The van der Waals surface area contributed by atoms with E-state index in [-0.39, 0.29) is 11.2 Å². The van der Waals surface area contributed by atoms with E-state index in [4.69, 9.17) is 9.47 Å². The van der Waals surface area contributed by atoms with E-state index in [2.05, 4.69) is 13.8 Å². The second-order valence-electron chi connectivity index (χ2n) is 4.25. The molecule has 2 heteroatoms. The average molecular weight is 140 g/mol. The maximum Gasteiger partial charge on any atom is 0.0949 e. The van der Waals surface area contributed by atoms with Gasteiger partial charge in [-0.15, -0.1) is 0 Å². The van der Waals surface area contributed by atoms with Crippen LogP contribution in [0.1, 0.15) is 26.7 Å². The predicted molar refractivity (Wildman–Crippen MR) is 35.8 cm³/mol. The SMILES string of the molecule is C[C@]12C[C@]3(C)O[C@@H]3C[C@@H]1O2. The maximum atomic E-state index is 5.55. The minimum Gasteiger partial charge on any atom is -0.366 e. The Labute approximate surface area is 60.5 Å². The van der Waals surface area contributed by atoms with Crippen molar-refractivity contribution in [3.63, 3.8) is 0 Å². The van der Waals surface area contributed by atoms with Crippen LogP contribution in [0.3, 0.4) is 0 Å². The van der Waals surface area contributed by atoms with Crippen LogP contribution in [0.2, 0.25) is 0 Å². The molecule has 0 amide bonds. The first-order valence-corrected chi connectivity index (χ1v) is 3.98. The minimum absolute atomic E-state index is 0.196. The van der Waals surface area contributed by atoms with E-state index in [1.54, 1.807) is 0 Å². The largest absolute Gasteiger partial charge is 0.366 e. The van der Waals surface area contributed by atoms with E-state index in [9.17, 15) is 0 Å². The number of fused-ring (bicyclic) bond motifs is 2. The fraction of sp³-hybridized carbons (Fsp3) is 1.00. The van der Waals surface area contributed by atoms with Crippen molar-refractivity contribution in [2.24, 2.45) is 0 Å². The number of hydrogen-bond acceptors (Lipinski definition) is 2. The van der Waals surface area contributed by atoms with Crippen molar-refractivity contribution < 1.29 is 9.47 Å². The number of rotatable bonds is 0. The molecular formula is C8H12O2. The van der Waals surface area contributed by atoms with Crippen molar-refractivity contribution in [1.82, 2.24) is 0 Å². The molecule has 3 rings (SSSR count). The van der Waals surface area contributed by atoms with Crippen LogP contribution >= 0.6 is 0 Å². The molecule has 2 saturated heterocycles. The molecule has 2 aliphatic heterocycles. The van der Waals surface area contributed by atoms with Gasteiger partial charge < -0.3 is 9.47 Å². The van der Waals surface area contributed by atoms with Crippen LogP contribution in [0, 0.1) is 0 Å². The van der Waals surface area contributed by atoms with Gasteiger partial charge in [-0.1, -0.05) is 0 Å². The van der Waals surface area contributed by atoms with Gasteiger partial charge in [0.2, 0.25) is 0 Å². The molecule has 0 bridgehead atoms. The van der Waals surface area contributed by atoms with Gasteiger partial charge in [-0.25, -0.2) is 0 Å². The number of hydrogen-bond donors (Lipinski definition) is 0. The van der Waals surface area contributed by atoms with Crippen LogP contribution in [0.15, 0.2) is 0 Å². The molecule has 1 saturated carbocycles. The molecule has 56 valence electrons. The molecule has 3 fully saturated rings. The summed E-state index contributed by atoms with van der Waals surface area (Å²) in [6.45, 7) is 4.39. The lowest BCUT2D eigenvalue weighted by atomic mass is 9.83. The zero-order valence-electron chi connectivity index (χ0n) is 6.39. The molecule has 2 nitrogen and oxygen atoms in total. The molecular weight excluding hydrogens is 128 g/mol. The molecule has 2 heterocycles. The summed E-state index contributed by atoms with van der Waals surface area (Å²) in [5.41, 5.74) is 0.392. The van der Waals surface area contributed by atoms with Gasteiger partial charge in [-0.05, 0) is 13.8 Å². The summed E-state index contributed by atoms with van der Waals surface area (Å²) in [4.78, 5) is 0. The monoisotopic (exact) mass is 140 g/mol. The summed E-state index contributed by atoms with van der Waals surface area (Å²) in [6, 6.07) is 0. The first kappa shape index (κ1) is 5.56. The van der Waals surface area contributed by atoms with Gasteiger partial charge >= 0.3 is 0 Å². The van der Waals surface area contributed by atoms with Crippen molar-refractivity contribution >= 4 is 0 Å². The van der Waals surface area contributed by atoms with Gasteiger partial charge in [0.25, 0.3) is 0 Å². The number of epoxide rings is 2. The lowest BCUT2D eigenvalue weighted by Gasteiger charge is -2.14. The summed E-state index contributed by atoms with van der Waals surface area (Å²) in [7, 11) is 0. The van der Waals surface area contributed by atoms with Gasteiger partial charge in [0.15, 0.2) is 0 Å². The standard InChI is InChI=1S/C8H12O2/c1-7-4-8(2)6(10-8)3-5(7)9-7/h5-6H,3-4H2,1-2H3/t5-,6+,7-,8-/m0/s1. The highest BCUT2D eigenvalue weighted by Gasteiger charge is 2.69. The average Bonchev–Trinajstić information content (AvgIpc) is 2.53. The third-order valence-corrected chi connectivity index (χ3v) is 3.20. The Morgan fingerprint density at radius 2 is 1.60 bits per heavy atom. The number of ether oxygens (including phenoxy) is 2. The van der Waals surface area contributed by atoms with Crippen molar-refractivity contribution in [2.45, 2.75) is 50.1 Å². The van der Waals surface area contributed by atoms with Crippen molar-refractivity contribution in [1.29, 1.82) is 0 Å². The van der Waals surface area contributed by atoms with Gasteiger partial charge in [-0.2, -0.15) is 0 Å². The van der Waals surface area contributed by atoms with Crippen LogP contribution in [0.5, 0.6) is 0 Å². The molecule has 0 radical (unpaired) electrons. The van der Waals surface area contributed by atoms with Crippen molar-refractivity contribution in [3.8, 4) is 0 Å². The quantitative estimate of drug-likeness (QED) is 0.471. The highest BCUT2D eigenvalue weighted by molar-refractivity contribution is 5.18. The smallest absolute Gasteiger partial charge is 0.0949 e. The van der Waals surface area contributed by atoms with Gasteiger partial charge in [0, 0.05) is 12.8 Å². The zero-order chi connectivity index (χ0) is 6.98. The van der Waals surface area contributed by atoms with Crippen LogP contribution in [0.25, 0.3) is 0 Å². The molecule has 10 heavy (non-hydrogen) atoms. The molecule has 4 atom stereocenters. The lowest BCUT2D eigenvalue weighted by molar-refractivity contribution is 0.219. The Kier molecular flexibility index (Phi) is 0.647. The molecule has 0 unspecified atom stereocenters. The maximum absolute atomic E-state index is 5.55. The van der Waals surface area contributed by atoms with Gasteiger partial charge in [0.05, 0.1) is 23.4 Å². The Morgan fingerprint density at radius 1 is 1.10 bits per heavy atom. The predicted octanol–water partition coefficient (Wildman–Crippen LogP) is 1.10. The molecule has 0 spiro atoms. The summed E-state index contributed by atoms with van der Waals surface area (Å²) < 4.78 is 11.1. The highest BCUT2D eigenvalue weighted by atomic mass is 16.6. The van der Waals surface area contributed by atoms with Crippen molar-refractivity contribution in [3.05, 3.63) is 0 Å².